The number of carbonyl (C=O) groups excluding carboxylic acids is 1. The molecule has 2 aromatic heterocycles. The predicted octanol–water partition coefficient (Wildman–Crippen LogP) is 5.76. The van der Waals surface area contributed by atoms with Crippen molar-refractivity contribution in [3.8, 4) is 28.1 Å². The molecule has 1 aliphatic rings. The summed E-state index contributed by atoms with van der Waals surface area (Å²) in [6.07, 6.45) is 7.35. The smallest absolute Gasteiger partial charge is 0.255 e. The van der Waals surface area contributed by atoms with E-state index >= 15 is 0 Å². The second-order valence-corrected chi connectivity index (χ2v) is 9.77. The topological polar surface area (TPSA) is 89.3 Å². The average molecular weight is 515 g/mol. The largest absolute Gasteiger partial charge is 0.507 e. The molecule has 0 bridgehead atoms. The maximum atomic E-state index is 13.6. The molecule has 2 unspecified atom stereocenters. The Morgan fingerprint density at radius 3 is 2.74 bits per heavy atom. The molecule has 1 aliphatic heterocycles. The van der Waals surface area contributed by atoms with E-state index in [4.69, 9.17) is 9.84 Å². The predicted molar refractivity (Wildman–Crippen MR) is 143 cm³/mol. The normalized spacial score (nSPS) is 16.2. The number of rotatable bonds is 8. The molecule has 2 aromatic carbocycles. The first-order chi connectivity index (χ1) is 18.5. The van der Waals surface area contributed by atoms with E-state index < -0.39 is 0 Å². The highest BCUT2D eigenvalue weighted by molar-refractivity contribution is 5.96. The van der Waals surface area contributed by atoms with E-state index in [1.807, 2.05) is 29.9 Å². The first-order valence-corrected chi connectivity index (χ1v) is 13.0. The van der Waals surface area contributed by atoms with Gasteiger partial charge in [-0.05, 0) is 85.7 Å². The molecule has 3 heterocycles. The Morgan fingerprint density at radius 1 is 1.16 bits per heavy atom. The van der Waals surface area contributed by atoms with Gasteiger partial charge in [-0.1, -0.05) is 19.1 Å². The van der Waals surface area contributed by atoms with Gasteiger partial charge in [-0.25, -0.2) is 9.07 Å². The molecule has 0 spiro atoms. The number of nitrogens with zero attached hydrogens (tertiary/aromatic N) is 3. The molecule has 1 amide bonds. The molecule has 2 atom stereocenters. The second kappa shape index (κ2) is 11.6. The minimum absolute atomic E-state index is 0.0387. The molecule has 7 nitrogen and oxygen atoms in total. The number of aromatic hydroxyl groups is 1. The van der Waals surface area contributed by atoms with Crippen molar-refractivity contribution in [2.45, 2.75) is 38.8 Å². The first kappa shape index (κ1) is 25.6. The number of amides is 1. The van der Waals surface area contributed by atoms with Gasteiger partial charge in [0.25, 0.3) is 5.91 Å². The van der Waals surface area contributed by atoms with Crippen LogP contribution in [-0.2, 0) is 11.2 Å². The molecular formula is C30H31FN4O3. The first-order valence-electron chi connectivity index (χ1n) is 13.0. The molecule has 1 fully saturated rings. The second-order valence-electron chi connectivity index (χ2n) is 9.77. The zero-order chi connectivity index (χ0) is 26.5. The molecule has 8 heteroatoms. The van der Waals surface area contributed by atoms with Crippen LogP contribution < -0.4 is 5.32 Å². The summed E-state index contributed by atoms with van der Waals surface area (Å²) in [4.78, 5) is 17.0. The lowest BCUT2D eigenvalue weighted by Crippen LogP contribution is -2.29. The van der Waals surface area contributed by atoms with E-state index in [2.05, 4.69) is 10.3 Å². The molecule has 5 rings (SSSR count). The molecule has 196 valence electrons. The van der Waals surface area contributed by atoms with E-state index in [-0.39, 0.29) is 35.2 Å². The van der Waals surface area contributed by atoms with Gasteiger partial charge < -0.3 is 15.2 Å². The van der Waals surface area contributed by atoms with Crippen LogP contribution in [0, 0.1) is 11.7 Å². The number of halogens is 1. The lowest BCUT2D eigenvalue weighted by Gasteiger charge is -2.22. The van der Waals surface area contributed by atoms with Gasteiger partial charge in [-0.2, -0.15) is 5.10 Å². The number of phenolic OH excluding ortho intramolecular Hbond substituents is 1. The summed E-state index contributed by atoms with van der Waals surface area (Å²) in [6, 6.07) is 16.8. The van der Waals surface area contributed by atoms with Gasteiger partial charge in [-0.15, -0.1) is 0 Å². The van der Waals surface area contributed by atoms with Gasteiger partial charge in [0.1, 0.15) is 23.5 Å². The summed E-state index contributed by atoms with van der Waals surface area (Å²) >= 11 is 0. The number of carbonyl (C=O) groups is 1. The van der Waals surface area contributed by atoms with Crippen LogP contribution in [0.3, 0.4) is 0 Å². The maximum absolute atomic E-state index is 13.6. The average Bonchev–Trinajstić information content (AvgIpc) is 3.39. The molecule has 2 N–H and O–H groups in total. The lowest BCUT2D eigenvalue weighted by molar-refractivity contribution is -0.0393. The zero-order valence-electron chi connectivity index (χ0n) is 21.3. The molecule has 0 aliphatic carbocycles. The van der Waals surface area contributed by atoms with E-state index in [1.165, 1.54) is 18.2 Å². The van der Waals surface area contributed by atoms with Crippen LogP contribution in [0.2, 0.25) is 0 Å². The molecular weight excluding hydrogens is 483 g/mol. The van der Waals surface area contributed by atoms with Crippen LogP contribution in [0.4, 0.5) is 4.39 Å². The third-order valence-electron chi connectivity index (χ3n) is 6.75. The Hall–Kier alpha value is -4.04. The molecule has 4 aromatic rings. The highest BCUT2D eigenvalue weighted by Gasteiger charge is 2.21. The SMILES string of the molecule is CC(CNC(=O)c1ccccc1O)Cc1cc(-c2cn(C3CCCCO3)nc2-c2ccc(F)cc2)ccn1. The highest BCUT2D eigenvalue weighted by atomic mass is 19.1. The number of para-hydroxylation sites is 1. The van der Waals surface area contributed by atoms with Crippen molar-refractivity contribution in [2.75, 3.05) is 13.2 Å². The van der Waals surface area contributed by atoms with Crippen molar-refractivity contribution < 1.29 is 19.0 Å². The van der Waals surface area contributed by atoms with Crippen molar-refractivity contribution in [2.24, 2.45) is 5.92 Å². The number of hydrogen-bond acceptors (Lipinski definition) is 5. The number of pyridine rings is 1. The number of benzene rings is 2. The number of nitrogens with one attached hydrogen (secondary N) is 1. The van der Waals surface area contributed by atoms with E-state index in [0.29, 0.717) is 19.6 Å². The van der Waals surface area contributed by atoms with Gasteiger partial charge in [0.15, 0.2) is 0 Å². The summed E-state index contributed by atoms with van der Waals surface area (Å²) in [5.74, 6) is -0.524. The van der Waals surface area contributed by atoms with Gasteiger partial charge in [0, 0.05) is 42.4 Å². The number of ether oxygens (including phenoxy) is 1. The highest BCUT2D eigenvalue weighted by Crippen LogP contribution is 2.34. The third-order valence-corrected chi connectivity index (χ3v) is 6.75. The standard InChI is InChI=1S/C30H31FN4O3/c1-20(18-33-30(37)25-6-2-3-7-27(25)36)16-24-17-22(13-14-32-24)26-19-35(28-8-4-5-15-38-28)34-29(26)21-9-11-23(31)12-10-21/h2-3,6-7,9-14,17,19-20,28,36H,4-5,8,15-16,18H2,1H3,(H,33,37). The van der Waals surface area contributed by atoms with Crippen molar-refractivity contribution in [1.29, 1.82) is 0 Å². The Kier molecular flexibility index (Phi) is 7.79. The van der Waals surface area contributed by atoms with Crippen molar-refractivity contribution in [1.82, 2.24) is 20.1 Å². The van der Waals surface area contributed by atoms with E-state index in [0.717, 1.165) is 47.3 Å². The van der Waals surface area contributed by atoms with Crippen molar-refractivity contribution in [3.63, 3.8) is 0 Å². The summed E-state index contributed by atoms with van der Waals surface area (Å²) in [5, 5.41) is 17.7. The molecule has 0 saturated carbocycles. The fourth-order valence-electron chi connectivity index (χ4n) is 4.72. The van der Waals surface area contributed by atoms with Crippen LogP contribution in [-0.4, -0.2) is 38.9 Å². The monoisotopic (exact) mass is 514 g/mol. The number of aromatic nitrogens is 3. The molecule has 38 heavy (non-hydrogen) atoms. The van der Waals surface area contributed by atoms with Gasteiger partial charge in [0.2, 0.25) is 0 Å². The minimum Gasteiger partial charge on any atom is -0.507 e. The third kappa shape index (κ3) is 5.92. The maximum Gasteiger partial charge on any atom is 0.255 e. The fourth-order valence-corrected chi connectivity index (χ4v) is 4.72. The van der Waals surface area contributed by atoms with Gasteiger partial charge in [0.05, 0.1) is 5.56 Å². The Morgan fingerprint density at radius 2 is 1.97 bits per heavy atom. The Balaban J connectivity index is 1.35. The summed E-state index contributed by atoms with van der Waals surface area (Å²) in [5.41, 5.74) is 4.62. The van der Waals surface area contributed by atoms with Crippen LogP contribution >= 0.6 is 0 Å². The van der Waals surface area contributed by atoms with Crippen LogP contribution in [0.1, 0.15) is 48.5 Å². The van der Waals surface area contributed by atoms with Gasteiger partial charge >= 0.3 is 0 Å². The van der Waals surface area contributed by atoms with E-state index in [1.54, 1.807) is 36.5 Å². The van der Waals surface area contributed by atoms with Gasteiger partial charge in [-0.3, -0.25) is 9.78 Å². The fraction of sp³-hybridized carbons (Fsp3) is 0.300. The number of phenols is 1. The summed E-state index contributed by atoms with van der Waals surface area (Å²) in [6.45, 7) is 3.20. The molecule has 1 saturated heterocycles. The minimum atomic E-state index is -0.307. The van der Waals surface area contributed by atoms with Crippen LogP contribution in [0.25, 0.3) is 22.4 Å². The van der Waals surface area contributed by atoms with Crippen LogP contribution in [0.5, 0.6) is 5.75 Å². The Labute approximate surface area is 221 Å². The summed E-state index contributed by atoms with van der Waals surface area (Å²) < 4.78 is 21.5. The van der Waals surface area contributed by atoms with E-state index in [9.17, 15) is 14.3 Å². The zero-order valence-corrected chi connectivity index (χ0v) is 21.3. The lowest BCUT2D eigenvalue weighted by atomic mass is 9.99. The Bertz CT molecular complexity index is 1400. The van der Waals surface area contributed by atoms with Crippen LogP contribution in [0.15, 0.2) is 73.1 Å². The van der Waals surface area contributed by atoms with Crippen molar-refractivity contribution >= 4 is 5.91 Å². The van der Waals surface area contributed by atoms with Crippen molar-refractivity contribution in [3.05, 3.63) is 90.1 Å². The summed E-state index contributed by atoms with van der Waals surface area (Å²) in [7, 11) is 0. The number of hydrogen-bond donors (Lipinski definition) is 2. The molecule has 0 radical (unpaired) electrons. The quantitative estimate of drug-likeness (QED) is 0.312.